The standard InChI is InChI=1S/C12H19NO3/c1-2-3-4-5-8-13-9-10(12(15)16)6-7-11(13)14/h6-7,15-16H,2-5,8-9H2,1H3. The van der Waals surface area contributed by atoms with Crippen molar-refractivity contribution in [3.63, 3.8) is 0 Å². The van der Waals surface area contributed by atoms with Crippen molar-refractivity contribution in [1.29, 1.82) is 0 Å². The monoisotopic (exact) mass is 225 g/mol. The second-order valence-electron chi connectivity index (χ2n) is 4.00. The topological polar surface area (TPSA) is 60.8 Å². The highest BCUT2D eigenvalue weighted by atomic mass is 16.5. The molecule has 1 rings (SSSR count). The molecule has 90 valence electrons. The van der Waals surface area contributed by atoms with Gasteiger partial charge in [-0.3, -0.25) is 4.79 Å². The summed E-state index contributed by atoms with van der Waals surface area (Å²) in [6.45, 7) is 3.11. The van der Waals surface area contributed by atoms with Crippen LogP contribution < -0.4 is 0 Å². The molecule has 0 fully saturated rings. The van der Waals surface area contributed by atoms with E-state index in [1.54, 1.807) is 4.90 Å². The third-order valence-corrected chi connectivity index (χ3v) is 2.67. The molecule has 16 heavy (non-hydrogen) atoms. The molecule has 4 nitrogen and oxygen atoms in total. The molecule has 2 N–H and O–H groups in total. The normalized spacial score (nSPS) is 15.7. The van der Waals surface area contributed by atoms with Crippen LogP contribution in [0.2, 0.25) is 0 Å². The number of hydrogen-bond acceptors (Lipinski definition) is 3. The molecule has 4 heteroatoms. The van der Waals surface area contributed by atoms with Crippen molar-refractivity contribution in [3.8, 4) is 0 Å². The molecule has 0 radical (unpaired) electrons. The second-order valence-corrected chi connectivity index (χ2v) is 4.00. The van der Waals surface area contributed by atoms with E-state index in [4.69, 9.17) is 10.2 Å². The van der Waals surface area contributed by atoms with Gasteiger partial charge in [-0.15, -0.1) is 0 Å². The fraction of sp³-hybridized carbons (Fsp3) is 0.583. The molecule has 0 atom stereocenters. The van der Waals surface area contributed by atoms with Crippen LogP contribution in [0.4, 0.5) is 0 Å². The van der Waals surface area contributed by atoms with Crippen LogP contribution in [0.3, 0.4) is 0 Å². The van der Waals surface area contributed by atoms with E-state index in [0.29, 0.717) is 18.7 Å². The molecular weight excluding hydrogens is 206 g/mol. The van der Waals surface area contributed by atoms with Crippen LogP contribution in [0.5, 0.6) is 0 Å². The minimum atomic E-state index is -0.692. The van der Waals surface area contributed by atoms with Crippen LogP contribution in [0, 0.1) is 0 Å². The van der Waals surface area contributed by atoms with Crippen molar-refractivity contribution in [3.05, 3.63) is 23.7 Å². The fourth-order valence-corrected chi connectivity index (χ4v) is 1.68. The molecule has 1 heterocycles. The number of aliphatic hydroxyl groups excluding tert-OH is 1. The van der Waals surface area contributed by atoms with E-state index in [-0.39, 0.29) is 5.91 Å². The molecule has 0 aromatic carbocycles. The van der Waals surface area contributed by atoms with Gasteiger partial charge in [0.1, 0.15) is 0 Å². The van der Waals surface area contributed by atoms with Gasteiger partial charge in [-0.2, -0.15) is 0 Å². The number of nitrogens with zero attached hydrogens (tertiary/aromatic N) is 1. The fourth-order valence-electron chi connectivity index (χ4n) is 1.68. The second kappa shape index (κ2) is 6.20. The maximum Gasteiger partial charge on any atom is 0.279 e. The lowest BCUT2D eigenvalue weighted by Gasteiger charge is -2.24. The molecule has 1 aliphatic rings. The van der Waals surface area contributed by atoms with Crippen LogP contribution in [-0.4, -0.2) is 34.1 Å². The summed E-state index contributed by atoms with van der Waals surface area (Å²) in [7, 11) is 0. The van der Waals surface area contributed by atoms with Gasteiger partial charge in [0.05, 0.1) is 12.1 Å². The van der Waals surface area contributed by atoms with Crippen LogP contribution >= 0.6 is 0 Å². The van der Waals surface area contributed by atoms with E-state index in [1.807, 2.05) is 0 Å². The van der Waals surface area contributed by atoms with Gasteiger partial charge in [-0.05, 0) is 12.5 Å². The SMILES string of the molecule is CCCCCCN1CC(=C(O)O)C=CC1=O. The van der Waals surface area contributed by atoms with Crippen LogP contribution in [0.25, 0.3) is 0 Å². The van der Waals surface area contributed by atoms with Crippen LogP contribution in [-0.2, 0) is 4.79 Å². The predicted molar refractivity (Wildman–Crippen MR) is 62.1 cm³/mol. The maximum atomic E-state index is 11.5. The summed E-state index contributed by atoms with van der Waals surface area (Å²) in [4.78, 5) is 13.1. The van der Waals surface area contributed by atoms with Gasteiger partial charge in [0.15, 0.2) is 0 Å². The van der Waals surface area contributed by atoms with E-state index >= 15 is 0 Å². The van der Waals surface area contributed by atoms with Crippen molar-refractivity contribution in [2.24, 2.45) is 0 Å². The Hall–Kier alpha value is -1.45. The Labute approximate surface area is 95.9 Å². The van der Waals surface area contributed by atoms with Gasteiger partial charge in [-0.1, -0.05) is 26.2 Å². The zero-order chi connectivity index (χ0) is 12.0. The first-order valence-electron chi connectivity index (χ1n) is 5.73. The molecule has 1 aliphatic heterocycles. The van der Waals surface area contributed by atoms with Gasteiger partial charge in [0.2, 0.25) is 5.91 Å². The molecular formula is C12H19NO3. The van der Waals surface area contributed by atoms with Crippen molar-refractivity contribution < 1.29 is 15.0 Å². The zero-order valence-corrected chi connectivity index (χ0v) is 9.65. The van der Waals surface area contributed by atoms with E-state index in [9.17, 15) is 4.79 Å². The largest absolute Gasteiger partial charge is 0.481 e. The Morgan fingerprint density at radius 3 is 2.69 bits per heavy atom. The molecule has 0 aliphatic carbocycles. The number of rotatable bonds is 5. The lowest BCUT2D eigenvalue weighted by Crippen LogP contribution is -2.35. The summed E-state index contributed by atoms with van der Waals surface area (Å²) in [6, 6.07) is 0. The van der Waals surface area contributed by atoms with Gasteiger partial charge in [-0.25, -0.2) is 0 Å². The van der Waals surface area contributed by atoms with Gasteiger partial charge in [0, 0.05) is 12.6 Å². The number of carbonyl (C=O) groups excluding carboxylic acids is 1. The van der Waals surface area contributed by atoms with Gasteiger partial charge in [0.25, 0.3) is 5.95 Å². The van der Waals surface area contributed by atoms with Gasteiger partial charge >= 0.3 is 0 Å². The van der Waals surface area contributed by atoms with Crippen molar-refractivity contribution in [1.82, 2.24) is 4.90 Å². The molecule has 1 amide bonds. The minimum absolute atomic E-state index is 0.0542. The van der Waals surface area contributed by atoms with E-state index in [0.717, 1.165) is 19.3 Å². The Kier molecular flexibility index (Phi) is 4.89. The Bertz CT molecular complexity index is 303. The summed E-state index contributed by atoms with van der Waals surface area (Å²) in [6.07, 6.45) is 7.24. The summed E-state index contributed by atoms with van der Waals surface area (Å²) >= 11 is 0. The molecule has 0 aromatic rings. The highest BCUT2D eigenvalue weighted by molar-refractivity contribution is 5.89. The predicted octanol–water partition coefficient (Wildman–Crippen LogP) is 2.29. The lowest BCUT2D eigenvalue weighted by atomic mass is 10.1. The molecule has 0 bridgehead atoms. The highest BCUT2D eigenvalue weighted by Crippen LogP contribution is 2.12. The molecule has 0 unspecified atom stereocenters. The first-order chi connectivity index (χ1) is 7.65. The molecule has 0 spiro atoms. The maximum absolute atomic E-state index is 11.5. The lowest BCUT2D eigenvalue weighted by molar-refractivity contribution is -0.126. The first-order valence-corrected chi connectivity index (χ1v) is 5.73. The van der Waals surface area contributed by atoms with Crippen molar-refractivity contribution in [2.75, 3.05) is 13.1 Å². The Morgan fingerprint density at radius 1 is 1.31 bits per heavy atom. The third-order valence-electron chi connectivity index (χ3n) is 2.67. The average Bonchev–Trinajstić information content (AvgIpc) is 2.26. The number of hydrogen-bond donors (Lipinski definition) is 2. The van der Waals surface area contributed by atoms with Gasteiger partial charge < -0.3 is 15.1 Å². The third kappa shape index (κ3) is 3.61. The number of amides is 1. The average molecular weight is 225 g/mol. The molecule has 0 saturated carbocycles. The van der Waals surface area contributed by atoms with E-state index in [1.165, 1.54) is 18.6 Å². The van der Waals surface area contributed by atoms with E-state index in [2.05, 4.69) is 6.92 Å². The smallest absolute Gasteiger partial charge is 0.279 e. The summed E-state index contributed by atoms with van der Waals surface area (Å²) in [5.74, 6) is -0.746. The van der Waals surface area contributed by atoms with Crippen LogP contribution in [0.15, 0.2) is 23.7 Å². The summed E-state index contributed by atoms with van der Waals surface area (Å²) in [5.41, 5.74) is 0.398. The Balaban J connectivity index is 2.45. The molecule has 0 saturated heterocycles. The number of carbonyl (C=O) groups is 1. The van der Waals surface area contributed by atoms with Crippen molar-refractivity contribution >= 4 is 5.91 Å². The quantitative estimate of drug-likeness (QED) is 0.557. The van der Waals surface area contributed by atoms with Crippen molar-refractivity contribution in [2.45, 2.75) is 32.6 Å². The van der Waals surface area contributed by atoms with E-state index < -0.39 is 5.95 Å². The number of aliphatic hydroxyl groups is 2. The molecule has 0 aromatic heterocycles. The minimum Gasteiger partial charge on any atom is -0.481 e. The zero-order valence-electron chi connectivity index (χ0n) is 9.65. The summed E-state index contributed by atoms with van der Waals surface area (Å²) < 4.78 is 0. The Morgan fingerprint density at radius 2 is 2.06 bits per heavy atom. The first kappa shape index (κ1) is 12.6. The summed E-state index contributed by atoms with van der Waals surface area (Å²) in [5, 5.41) is 17.9. The van der Waals surface area contributed by atoms with Crippen LogP contribution in [0.1, 0.15) is 32.6 Å². The highest BCUT2D eigenvalue weighted by Gasteiger charge is 2.18. The number of unbranched alkanes of at least 4 members (excludes halogenated alkanes) is 3.